The van der Waals surface area contributed by atoms with Gasteiger partial charge in [-0.3, -0.25) is 0 Å². The highest BCUT2D eigenvalue weighted by Crippen LogP contribution is 2.30. The molecule has 0 aliphatic heterocycles. The number of hydrogen-bond acceptors (Lipinski definition) is 2. The van der Waals surface area contributed by atoms with Gasteiger partial charge in [0, 0.05) is 10.9 Å². The van der Waals surface area contributed by atoms with Gasteiger partial charge in [0.1, 0.15) is 17.2 Å². The quantitative estimate of drug-likeness (QED) is 0.772. The van der Waals surface area contributed by atoms with Gasteiger partial charge >= 0.3 is 0 Å². The van der Waals surface area contributed by atoms with Crippen LogP contribution in [0.4, 0.5) is 4.39 Å². The van der Waals surface area contributed by atoms with E-state index >= 15 is 0 Å². The van der Waals surface area contributed by atoms with Crippen LogP contribution in [-0.4, -0.2) is 0 Å². The topological polar surface area (TPSA) is 39.2 Å². The molecule has 0 spiro atoms. The minimum absolute atomic E-state index is 0.234. The first-order valence-electron chi connectivity index (χ1n) is 7.04. The average Bonchev–Trinajstić information content (AvgIpc) is 2.76. The fourth-order valence-electron chi connectivity index (χ4n) is 2.75. The minimum Gasteiger partial charge on any atom is -0.459 e. The van der Waals surface area contributed by atoms with Crippen molar-refractivity contribution in [1.29, 1.82) is 0 Å². The van der Waals surface area contributed by atoms with Gasteiger partial charge in [0.05, 0.1) is 6.04 Å². The molecule has 0 fully saturated rings. The predicted molar refractivity (Wildman–Crippen MR) is 82.7 cm³/mol. The highest BCUT2D eigenvalue weighted by molar-refractivity contribution is 5.82. The lowest BCUT2D eigenvalue weighted by Crippen LogP contribution is -2.13. The smallest absolute Gasteiger partial charge is 0.134 e. The predicted octanol–water partition coefficient (Wildman–Crippen LogP) is 4.43. The second kappa shape index (κ2) is 5.34. The van der Waals surface area contributed by atoms with Crippen LogP contribution < -0.4 is 5.73 Å². The molecule has 2 aromatic carbocycles. The number of fused-ring (bicyclic) bond motifs is 1. The summed E-state index contributed by atoms with van der Waals surface area (Å²) in [5.74, 6) is 0.474. The Morgan fingerprint density at radius 2 is 1.95 bits per heavy atom. The Morgan fingerprint density at radius 1 is 1.14 bits per heavy atom. The van der Waals surface area contributed by atoms with Gasteiger partial charge in [-0.15, -0.1) is 0 Å². The molecule has 3 heteroatoms. The Morgan fingerprint density at radius 3 is 2.71 bits per heavy atom. The largest absolute Gasteiger partial charge is 0.459 e. The fraction of sp³-hybridized carbons (Fsp3) is 0.222. The summed E-state index contributed by atoms with van der Waals surface area (Å²) >= 11 is 0. The maximum Gasteiger partial charge on any atom is 0.134 e. The molecule has 0 radical (unpaired) electrons. The summed E-state index contributed by atoms with van der Waals surface area (Å²) < 4.78 is 19.2. The standard InChI is InChI=1S/C18H18FNO/c1-11-4-3-5-13(8-11)9-16(20)18-12(2)15-10-14(19)6-7-17(15)21-18/h3-8,10,16H,9,20H2,1-2H3. The fourth-order valence-corrected chi connectivity index (χ4v) is 2.75. The SMILES string of the molecule is Cc1cccc(CC(N)c2oc3ccc(F)cc3c2C)c1. The van der Waals surface area contributed by atoms with Crippen LogP contribution in [0.1, 0.15) is 28.5 Å². The van der Waals surface area contributed by atoms with Gasteiger partial charge in [-0.1, -0.05) is 29.8 Å². The second-order valence-corrected chi connectivity index (χ2v) is 5.53. The molecule has 0 aliphatic rings. The summed E-state index contributed by atoms with van der Waals surface area (Å²) in [7, 11) is 0. The zero-order valence-corrected chi connectivity index (χ0v) is 12.2. The van der Waals surface area contributed by atoms with E-state index in [2.05, 4.69) is 25.1 Å². The van der Waals surface area contributed by atoms with Crippen LogP contribution in [0.25, 0.3) is 11.0 Å². The van der Waals surface area contributed by atoms with Crippen molar-refractivity contribution in [1.82, 2.24) is 0 Å². The van der Waals surface area contributed by atoms with E-state index in [0.29, 0.717) is 12.0 Å². The van der Waals surface area contributed by atoms with Gasteiger partial charge in [-0.2, -0.15) is 0 Å². The Hall–Kier alpha value is -2.13. The molecule has 0 amide bonds. The molecule has 0 bridgehead atoms. The lowest BCUT2D eigenvalue weighted by Gasteiger charge is -2.10. The number of halogens is 1. The van der Waals surface area contributed by atoms with Crippen LogP contribution in [0.2, 0.25) is 0 Å². The van der Waals surface area contributed by atoms with E-state index in [4.69, 9.17) is 10.2 Å². The Kier molecular flexibility index (Phi) is 3.52. The Bertz CT molecular complexity index is 791. The van der Waals surface area contributed by atoms with E-state index in [1.807, 2.05) is 13.0 Å². The molecular formula is C18H18FNO. The van der Waals surface area contributed by atoms with Gasteiger partial charge in [0.25, 0.3) is 0 Å². The highest BCUT2D eigenvalue weighted by Gasteiger charge is 2.18. The molecule has 3 aromatic rings. The van der Waals surface area contributed by atoms with Crippen LogP contribution in [0, 0.1) is 19.7 Å². The van der Waals surface area contributed by atoms with E-state index in [0.717, 1.165) is 16.7 Å². The van der Waals surface area contributed by atoms with Crippen molar-refractivity contribution >= 4 is 11.0 Å². The molecule has 21 heavy (non-hydrogen) atoms. The first kappa shape index (κ1) is 13.8. The zero-order valence-electron chi connectivity index (χ0n) is 12.2. The van der Waals surface area contributed by atoms with E-state index in [-0.39, 0.29) is 11.9 Å². The van der Waals surface area contributed by atoms with Crippen molar-refractivity contribution in [3.63, 3.8) is 0 Å². The van der Waals surface area contributed by atoms with Crippen molar-refractivity contribution in [2.24, 2.45) is 5.73 Å². The molecule has 108 valence electrons. The van der Waals surface area contributed by atoms with Crippen molar-refractivity contribution in [3.05, 3.63) is 70.7 Å². The van der Waals surface area contributed by atoms with Crippen LogP contribution in [0.5, 0.6) is 0 Å². The van der Waals surface area contributed by atoms with Crippen molar-refractivity contribution < 1.29 is 8.81 Å². The summed E-state index contributed by atoms with van der Waals surface area (Å²) in [6.07, 6.45) is 0.699. The van der Waals surface area contributed by atoms with Crippen LogP contribution in [0.3, 0.4) is 0 Å². The van der Waals surface area contributed by atoms with E-state index < -0.39 is 0 Å². The third kappa shape index (κ3) is 2.69. The normalized spacial score (nSPS) is 12.8. The first-order chi connectivity index (χ1) is 10.0. The van der Waals surface area contributed by atoms with Crippen LogP contribution in [-0.2, 0) is 6.42 Å². The van der Waals surface area contributed by atoms with E-state index in [1.54, 1.807) is 6.07 Å². The summed E-state index contributed by atoms with van der Waals surface area (Å²) in [6, 6.07) is 12.6. The van der Waals surface area contributed by atoms with Gasteiger partial charge < -0.3 is 10.2 Å². The van der Waals surface area contributed by atoms with Gasteiger partial charge in [0.2, 0.25) is 0 Å². The second-order valence-electron chi connectivity index (χ2n) is 5.53. The minimum atomic E-state index is -0.259. The summed E-state index contributed by atoms with van der Waals surface area (Å²) in [5, 5.41) is 0.796. The van der Waals surface area contributed by atoms with Crippen LogP contribution >= 0.6 is 0 Å². The Balaban J connectivity index is 1.94. The van der Waals surface area contributed by atoms with Crippen molar-refractivity contribution in [2.75, 3.05) is 0 Å². The molecule has 1 atom stereocenters. The Labute approximate surface area is 123 Å². The third-order valence-electron chi connectivity index (χ3n) is 3.81. The third-order valence-corrected chi connectivity index (χ3v) is 3.81. The highest BCUT2D eigenvalue weighted by atomic mass is 19.1. The maximum atomic E-state index is 13.3. The zero-order chi connectivity index (χ0) is 15.0. The molecule has 2 N–H and O–H groups in total. The monoisotopic (exact) mass is 283 g/mol. The summed E-state index contributed by atoms with van der Waals surface area (Å²) in [4.78, 5) is 0. The molecule has 1 aromatic heterocycles. The van der Waals surface area contributed by atoms with Gasteiger partial charge in [-0.25, -0.2) is 4.39 Å². The molecular weight excluding hydrogens is 265 g/mol. The van der Waals surface area contributed by atoms with Crippen LogP contribution in [0.15, 0.2) is 46.9 Å². The number of furan rings is 1. The molecule has 1 heterocycles. The van der Waals surface area contributed by atoms with E-state index in [1.165, 1.54) is 23.3 Å². The lowest BCUT2D eigenvalue weighted by atomic mass is 10.0. The first-order valence-corrected chi connectivity index (χ1v) is 7.04. The lowest BCUT2D eigenvalue weighted by molar-refractivity contribution is 0.490. The summed E-state index contributed by atoms with van der Waals surface area (Å²) in [5.41, 5.74) is 10.3. The molecule has 1 unspecified atom stereocenters. The van der Waals surface area contributed by atoms with Crippen molar-refractivity contribution in [2.45, 2.75) is 26.3 Å². The maximum absolute atomic E-state index is 13.3. The van der Waals surface area contributed by atoms with Crippen molar-refractivity contribution in [3.8, 4) is 0 Å². The number of hydrogen-bond donors (Lipinski definition) is 1. The number of benzene rings is 2. The molecule has 3 rings (SSSR count). The number of nitrogens with two attached hydrogens (primary N) is 1. The van der Waals surface area contributed by atoms with E-state index in [9.17, 15) is 4.39 Å². The molecule has 0 saturated carbocycles. The number of aryl methyl sites for hydroxylation is 2. The molecule has 0 saturated heterocycles. The number of rotatable bonds is 3. The average molecular weight is 283 g/mol. The molecule has 0 aliphatic carbocycles. The van der Waals surface area contributed by atoms with Gasteiger partial charge in [-0.05, 0) is 44.0 Å². The van der Waals surface area contributed by atoms with Gasteiger partial charge in [0.15, 0.2) is 0 Å². The molecule has 2 nitrogen and oxygen atoms in total. The summed E-state index contributed by atoms with van der Waals surface area (Å²) in [6.45, 7) is 3.99.